The fourth-order valence-corrected chi connectivity index (χ4v) is 1.34. The summed E-state index contributed by atoms with van der Waals surface area (Å²) in [7, 11) is 0. The van der Waals surface area contributed by atoms with Crippen molar-refractivity contribution in [2.24, 2.45) is 0 Å². The van der Waals surface area contributed by atoms with Crippen molar-refractivity contribution < 1.29 is 9.13 Å². The zero-order chi connectivity index (χ0) is 9.80. The first-order valence-electron chi connectivity index (χ1n) is 4.44. The highest BCUT2D eigenvalue weighted by Gasteiger charge is 2.00. The second-order valence-corrected chi connectivity index (χ2v) is 2.86. The molecular weight excluding hydrogens is 181 g/mol. The predicted octanol–water partition coefficient (Wildman–Crippen LogP) is 2.58. The van der Waals surface area contributed by atoms with E-state index in [1.54, 1.807) is 12.3 Å². The molecule has 0 amide bonds. The van der Waals surface area contributed by atoms with E-state index < -0.39 is 6.67 Å². The Kier molecular flexibility index (Phi) is 2.58. The van der Waals surface area contributed by atoms with Gasteiger partial charge in [-0.25, -0.2) is 4.39 Å². The zero-order valence-corrected chi connectivity index (χ0v) is 7.61. The lowest BCUT2D eigenvalue weighted by molar-refractivity contribution is 0.276. The number of aromatic nitrogens is 1. The van der Waals surface area contributed by atoms with E-state index in [1.165, 1.54) is 0 Å². The van der Waals surface area contributed by atoms with Crippen LogP contribution in [0.2, 0.25) is 0 Å². The molecule has 1 aromatic heterocycles. The largest absolute Gasteiger partial charge is 0.490 e. The molecule has 0 radical (unpaired) electrons. The van der Waals surface area contributed by atoms with Crippen molar-refractivity contribution in [3.63, 3.8) is 0 Å². The number of nitrogens with zero attached hydrogens (tertiary/aromatic N) is 1. The first kappa shape index (κ1) is 8.94. The summed E-state index contributed by atoms with van der Waals surface area (Å²) in [4.78, 5) is 4.18. The van der Waals surface area contributed by atoms with E-state index in [4.69, 9.17) is 4.74 Å². The highest BCUT2D eigenvalue weighted by molar-refractivity contribution is 5.84. The third-order valence-corrected chi connectivity index (χ3v) is 1.94. The lowest BCUT2D eigenvalue weighted by Crippen LogP contribution is -1.99. The lowest BCUT2D eigenvalue weighted by Gasteiger charge is -2.06. The minimum atomic E-state index is -0.476. The Morgan fingerprint density at radius 3 is 2.93 bits per heavy atom. The molecule has 2 nitrogen and oxygen atoms in total. The molecule has 1 aromatic carbocycles. The number of benzene rings is 1. The molecule has 14 heavy (non-hydrogen) atoms. The normalized spacial score (nSPS) is 10.4. The molecule has 0 atom stereocenters. The molecule has 0 aliphatic rings. The van der Waals surface area contributed by atoms with E-state index >= 15 is 0 Å². The van der Waals surface area contributed by atoms with E-state index in [-0.39, 0.29) is 6.61 Å². The minimum absolute atomic E-state index is 0.0913. The average Bonchev–Trinajstić information content (AvgIpc) is 2.26. The monoisotopic (exact) mass is 191 g/mol. The van der Waals surface area contributed by atoms with E-state index in [1.807, 2.05) is 24.3 Å². The maximum atomic E-state index is 11.9. The SMILES string of the molecule is FCCOc1ccnc2ccccc12. The fraction of sp³-hybridized carbons (Fsp3) is 0.182. The standard InChI is InChI=1S/C11H10FNO/c12-6-8-14-11-5-7-13-10-4-2-1-3-9(10)11/h1-5,7H,6,8H2. The molecule has 2 rings (SSSR count). The number of pyridine rings is 1. The molecule has 0 aliphatic carbocycles. The van der Waals surface area contributed by atoms with E-state index in [9.17, 15) is 4.39 Å². The predicted molar refractivity (Wildman–Crippen MR) is 53.2 cm³/mol. The van der Waals surface area contributed by atoms with Gasteiger partial charge < -0.3 is 4.74 Å². The number of rotatable bonds is 3. The number of hydrogen-bond acceptors (Lipinski definition) is 2. The van der Waals surface area contributed by atoms with Gasteiger partial charge >= 0.3 is 0 Å². The molecule has 0 saturated heterocycles. The molecule has 0 spiro atoms. The average molecular weight is 191 g/mol. The summed E-state index contributed by atoms with van der Waals surface area (Å²) in [5, 5.41) is 0.920. The van der Waals surface area contributed by atoms with Crippen LogP contribution in [-0.4, -0.2) is 18.3 Å². The third kappa shape index (κ3) is 1.66. The van der Waals surface area contributed by atoms with Crippen LogP contribution in [0.25, 0.3) is 10.9 Å². The van der Waals surface area contributed by atoms with Gasteiger partial charge in [-0.15, -0.1) is 0 Å². The molecule has 0 fully saturated rings. The topological polar surface area (TPSA) is 22.1 Å². The molecule has 2 aromatic rings. The smallest absolute Gasteiger partial charge is 0.130 e. The second kappa shape index (κ2) is 4.05. The van der Waals surface area contributed by atoms with Gasteiger partial charge in [-0.2, -0.15) is 0 Å². The summed E-state index contributed by atoms with van der Waals surface area (Å²) in [5.74, 6) is 0.688. The summed E-state index contributed by atoms with van der Waals surface area (Å²) < 4.78 is 17.2. The van der Waals surface area contributed by atoms with Gasteiger partial charge in [0.15, 0.2) is 0 Å². The first-order valence-corrected chi connectivity index (χ1v) is 4.44. The first-order chi connectivity index (χ1) is 6.92. The van der Waals surface area contributed by atoms with Crippen LogP contribution in [0.1, 0.15) is 0 Å². The Bertz CT molecular complexity index is 425. The number of alkyl halides is 1. The summed E-state index contributed by atoms with van der Waals surface area (Å²) in [5.41, 5.74) is 0.865. The Balaban J connectivity index is 2.43. The van der Waals surface area contributed by atoms with Crippen LogP contribution in [0.15, 0.2) is 36.5 Å². The molecule has 1 heterocycles. The molecule has 72 valence electrons. The van der Waals surface area contributed by atoms with Crippen molar-refractivity contribution in [3.8, 4) is 5.75 Å². The highest BCUT2D eigenvalue weighted by Crippen LogP contribution is 2.22. The van der Waals surface area contributed by atoms with Crippen molar-refractivity contribution in [2.75, 3.05) is 13.3 Å². The molecular formula is C11H10FNO. The van der Waals surface area contributed by atoms with Crippen molar-refractivity contribution in [2.45, 2.75) is 0 Å². The van der Waals surface area contributed by atoms with Gasteiger partial charge in [-0.1, -0.05) is 12.1 Å². The summed E-state index contributed by atoms with van der Waals surface area (Å²) in [6, 6.07) is 9.38. The van der Waals surface area contributed by atoms with Crippen LogP contribution in [0.5, 0.6) is 5.75 Å². The van der Waals surface area contributed by atoms with E-state index in [2.05, 4.69) is 4.98 Å². The van der Waals surface area contributed by atoms with Gasteiger partial charge in [-0.05, 0) is 18.2 Å². The van der Waals surface area contributed by atoms with E-state index in [0.717, 1.165) is 10.9 Å². The molecule has 0 unspecified atom stereocenters. The van der Waals surface area contributed by atoms with Gasteiger partial charge in [-0.3, -0.25) is 4.98 Å². The third-order valence-electron chi connectivity index (χ3n) is 1.94. The van der Waals surface area contributed by atoms with Crippen LogP contribution in [0, 0.1) is 0 Å². The van der Waals surface area contributed by atoms with Crippen LogP contribution in [0.4, 0.5) is 4.39 Å². The van der Waals surface area contributed by atoms with Gasteiger partial charge in [0, 0.05) is 11.6 Å². The Hall–Kier alpha value is -1.64. The number of para-hydroxylation sites is 1. The second-order valence-electron chi connectivity index (χ2n) is 2.86. The van der Waals surface area contributed by atoms with E-state index in [0.29, 0.717) is 5.75 Å². The Morgan fingerprint density at radius 2 is 2.07 bits per heavy atom. The molecule has 0 saturated carbocycles. The van der Waals surface area contributed by atoms with Crippen molar-refractivity contribution in [1.82, 2.24) is 4.98 Å². The number of ether oxygens (including phenoxy) is 1. The van der Waals surface area contributed by atoms with Crippen LogP contribution in [-0.2, 0) is 0 Å². The highest BCUT2D eigenvalue weighted by atomic mass is 19.1. The molecule has 0 bridgehead atoms. The van der Waals surface area contributed by atoms with Crippen molar-refractivity contribution in [1.29, 1.82) is 0 Å². The fourth-order valence-electron chi connectivity index (χ4n) is 1.34. The molecule has 3 heteroatoms. The number of hydrogen-bond donors (Lipinski definition) is 0. The summed E-state index contributed by atoms with van der Waals surface area (Å²) in [6.07, 6.45) is 1.66. The summed E-state index contributed by atoms with van der Waals surface area (Å²) >= 11 is 0. The van der Waals surface area contributed by atoms with Gasteiger partial charge in [0.05, 0.1) is 5.52 Å². The van der Waals surface area contributed by atoms with Crippen molar-refractivity contribution in [3.05, 3.63) is 36.5 Å². The maximum absolute atomic E-state index is 11.9. The van der Waals surface area contributed by atoms with Crippen LogP contribution in [0.3, 0.4) is 0 Å². The van der Waals surface area contributed by atoms with Crippen LogP contribution >= 0.6 is 0 Å². The Morgan fingerprint density at radius 1 is 1.21 bits per heavy atom. The minimum Gasteiger partial charge on any atom is -0.490 e. The Labute approximate surface area is 81.3 Å². The quantitative estimate of drug-likeness (QED) is 0.743. The zero-order valence-electron chi connectivity index (χ0n) is 7.61. The van der Waals surface area contributed by atoms with Crippen LogP contribution < -0.4 is 4.74 Å². The summed E-state index contributed by atoms with van der Waals surface area (Å²) in [6.45, 7) is -0.384. The molecule has 0 aliphatic heterocycles. The van der Waals surface area contributed by atoms with Gasteiger partial charge in [0.25, 0.3) is 0 Å². The number of halogens is 1. The van der Waals surface area contributed by atoms with Gasteiger partial charge in [0.1, 0.15) is 19.0 Å². The lowest BCUT2D eigenvalue weighted by atomic mass is 10.2. The van der Waals surface area contributed by atoms with Crippen molar-refractivity contribution >= 4 is 10.9 Å². The van der Waals surface area contributed by atoms with Gasteiger partial charge in [0.2, 0.25) is 0 Å². The number of fused-ring (bicyclic) bond motifs is 1. The maximum Gasteiger partial charge on any atom is 0.130 e. The molecule has 0 N–H and O–H groups in total.